The second-order valence-electron chi connectivity index (χ2n) is 3.96. The lowest BCUT2D eigenvalue weighted by atomic mass is 9.92. The molecule has 0 aromatic heterocycles. The zero-order valence-electron chi connectivity index (χ0n) is 8.50. The van der Waals surface area contributed by atoms with Crippen LogP contribution in [0.15, 0.2) is 28.7 Å². The molecule has 1 fully saturated rings. The number of carbonyl (C=O) groups excluding carboxylic acids is 1. The van der Waals surface area contributed by atoms with Gasteiger partial charge in [-0.05, 0) is 37.0 Å². The van der Waals surface area contributed by atoms with E-state index in [0.29, 0.717) is 0 Å². The van der Waals surface area contributed by atoms with E-state index in [1.165, 1.54) is 5.56 Å². The number of carbonyl (C=O) groups is 1. The highest BCUT2D eigenvalue weighted by Crippen LogP contribution is 2.19. The molecule has 0 saturated carbocycles. The first kappa shape index (κ1) is 10.7. The van der Waals surface area contributed by atoms with Crippen molar-refractivity contribution in [3.8, 4) is 0 Å². The van der Waals surface area contributed by atoms with Gasteiger partial charge in [-0.25, -0.2) is 0 Å². The number of nitrogens with one attached hydrogen (secondary N) is 1. The van der Waals surface area contributed by atoms with Gasteiger partial charge >= 0.3 is 0 Å². The van der Waals surface area contributed by atoms with E-state index >= 15 is 0 Å². The van der Waals surface area contributed by atoms with Crippen LogP contribution in [0.2, 0.25) is 0 Å². The molecule has 0 unspecified atom stereocenters. The van der Waals surface area contributed by atoms with E-state index in [9.17, 15) is 4.79 Å². The van der Waals surface area contributed by atoms with E-state index in [1.807, 2.05) is 12.1 Å². The molecule has 1 aromatic rings. The molecule has 1 aromatic carbocycles. The van der Waals surface area contributed by atoms with Crippen LogP contribution in [0.5, 0.6) is 0 Å². The molecule has 15 heavy (non-hydrogen) atoms. The average Bonchev–Trinajstić information content (AvgIpc) is 2.22. The Morgan fingerprint density at radius 3 is 3.07 bits per heavy atom. The topological polar surface area (TPSA) is 29.1 Å². The fraction of sp³-hybridized carbons (Fsp3) is 0.417. The van der Waals surface area contributed by atoms with E-state index in [2.05, 4.69) is 33.4 Å². The van der Waals surface area contributed by atoms with Gasteiger partial charge in [0.25, 0.3) is 0 Å². The number of benzene rings is 1. The van der Waals surface area contributed by atoms with Crippen molar-refractivity contribution < 1.29 is 4.79 Å². The molecule has 2 nitrogen and oxygen atoms in total. The third kappa shape index (κ3) is 2.81. The molecule has 80 valence electrons. The molecular weight excluding hydrogens is 254 g/mol. The summed E-state index contributed by atoms with van der Waals surface area (Å²) in [5.74, 6) is 0.370. The van der Waals surface area contributed by atoms with Crippen LogP contribution >= 0.6 is 15.9 Å². The molecular formula is C12H14BrNO. The summed E-state index contributed by atoms with van der Waals surface area (Å²) in [5.41, 5.74) is 1.23. The molecule has 1 N–H and O–H groups in total. The van der Waals surface area contributed by atoms with Gasteiger partial charge in [-0.3, -0.25) is 4.79 Å². The minimum absolute atomic E-state index is 0.160. The fourth-order valence-corrected chi connectivity index (χ4v) is 2.43. The number of piperidine rings is 1. The van der Waals surface area contributed by atoms with Crippen molar-refractivity contribution in [1.82, 2.24) is 5.32 Å². The van der Waals surface area contributed by atoms with Crippen LogP contribution in [0.3, 0.4) is 0 Å². The molecule has 0 aliphatic carbocycles. The molecule has 0 radical (unpaired) electrons. The van der Waals surface area contributed by atoms with Gasteiger partial charge in [0.1, 0.15) is 0 Å². The van der Waals surface area contributed by atoms with Crippen molar-refractivity contribution in [2.75, 3.05) is 6.54 Å². The third-order valence-corrected chi connectivity index (χ3v) is 3.26. The predicted molar refractivity (Wildman–Crippen MR) is 63.6 cm³/mol. The number of hydrogen-bond acceptors (Lipinski definition) is 1. The van der Waals surface area contributed by atoms with Gasteiger partial charge in [0.05, 0.1) is 0 Å². The van der Waals surface area contributed by atoms with Crippen LogP contribution in [0.1, 0.15) is 18.4 Å². The Morgan fingerprint density at radius 1 is 1.47 bits per heavy atom. The normalized spacial score (nSPS) is 21.1. The Kier molecular flexibility index (Phi) is 3.41. The molecule has 2 rings (SSSR count). The summed E-state index contributed by atoms with van der Waals surface area (Å²) in [5, 5.41) is 2.92. The monoisotopic (exact) mass is 267 g/mol. The summed E-state index contributed by atoms with van der Waals surface area (Å²) in [6.07, 6.45) is 2.97. The SMILES string of the molecule is O=C1NCCC[C@@H]1Cc1cccc(Br)c1. The summed E-state index contributed by atoms with van der Waals surface area (Å²) in [6.45, 7) is 0.841. The fourth-order valence-electron chi connectivity index (χ4n) is 1.98. The number of amides is 1. The van der Waals surface area contributed by atoms with Gasteiger partial charge in [-0.15, -0.1) is 0 Å². The molecule has 1 aliphatic heterocycles. The molecule has 0 spiro atoms. The molecule has 1 atom stereocenters. The second kappa shape index (κ2) is 4.79. The van der Waals surface area contributed by atoms with Crippen LogP contribution < -0.4 is 5.32 Å². The highest BCUT2D eigenvalue weighted by atomic mass is 79.9. The Labute approximate surface area is 98.2 Å². The van der Waals surface area contributed by atoms with E-state index < -0.39 is 0 Å². The van der Waals surface area contributed by atoms with E-state index in [-0.39, 0.29) is 11.8 Å². The zero-order valence-corrected chi connectivity index (χ0v) is 10.1. The largest absolute Gasteiger partial charge is 0.356 e. The minimum Gasteiger partial charge on any atom is -0.356 e. The molecule has 1 aliphatic rings. The van der Waals surface area contributed by atoms with Gasteiger partial charge in [0, 0.05) is 16.9 Å². The highest BCUT2D eigenvalue weighted by molar-refractivity contribution is 9.10. The lowest BCUT2D eigenvalue weighted by Crippen LogP contribution is -2.37. The van der Waals surface area contributed by atoms with Crippen molar-refractivity contribution in [2.45, 2.75) is 19.3 Å². The maximum absolute atomic E-state index is 11.6. The van der Waals surface area contributed by atoms with Gasteiger partial charge < -0.3 is 5.32 Å². The Hall–Kier alpha value is -0.830. The highest BCUT2D eigenvalue weighted by Gasteiger charge is 2.21. The van der Waals surface area contributed by atoms with Gasteiger partial charge in [0.2, 0.25) is 5.91 Å². The average molecular weight is 268 g/mol. The summed E-state index contributed by atoms with van der Waals surface area (Å²) in [4.78, 5) is 11.6. The lowest BCUT2D eigenvalue weighted by Gasteiger charge is -2.21. The first-order valence-electron chi connectivity index (χ1n) is 5.28. The number of hydrogen-bond donors (Lipinski definition) is 1. The quantitative estimate of drug-likeness (QED) is 0.877. The summed E-state index contributed by atoms with van der Waals surface area (Å²) in [6, 6.07) is 8.18. The lowest BCUT2D eigenvalue weighted by molar-refractivity contribution is -0.126. The van der Waals surface area contributed by atoms with Gasteiger partial charge in [-0.2, -0.15) is 0 Å². The summed E-state index contributed by atoms with van der Waals surface area (Å²) >= 11 is 3.44. The molecule has 1 saturated heterocycles. The molecule has 0 bridgehead atoms. The van der Waals surface area contributed by atoms with Crippen molar-refractivity contribution in [1.29, 1.82) is 0 Å². The first-order chi connectivity index (χ1) is 7.25. The minimum atomic E-state index is 0.160. The Balaban J connectivity index is 2.04. The van der Waals surface area contributed by atoms with Crippen LogP contribution in [-0.4, -0.2) is 12.5 Å². The van der Waals surface area contributed by atoms with Crippen LogP contribution in [0, 0.1) is 5.92 Å². The smallest absolute Gasteiger partial charge is 0.223 e. The summed E-state index contributed by atoms with van der Waals surface area (Å²) < 4.78 is 1.08. The third-order valence-electron chi connectivity index (χ3n) is 2.77. The summed E-state index contributed by atoms with van der Waals surface area (Å²) in [7, 11) is 0. The first-order valence-corrected chi connectivity index (χ1v) is 6.07. The standard InChI is InChI=1S/C12H14BrNO/c13-11-5-1-3-9(8-11)7-10-4-2-6-14-12(10)15/h1,3,5,8,10H,2,4,6-7H2,(H,14,15)/t10-/m1/s1. The van der Waals surface area contributed by atoms with Crippen molar-refractivity contribution in [2.24, 2.45) is 5.92 Å². The Morgan fingerprint density at radius 2 is 2.33 bits per heavy atom. The van der Waals surface area contributed by atoms with Crippen molar-refractivity contribution in [3.05, 3.63) is 34.3 Å². The van der Waals surface area contributed by atoms with E-state index in [0.717, 1.165) is 30.3 Å². The van der Waals surface area contributed by atoms with Crippen LogP contribution in [0.4, 0.5) is 0 Å². The predicted octanol–water partition coefficient (Wildman–Crippen LogP) is 2.52. The molecule has 1 amide bonds. The van der Waals surface area contributed by atoms with Crippen LogP contribution in [0.25, 0.3) is 0 Å². The molecule has 1 heterocycles. The zero-order chi connectivity index (χ0) is 10.7. The Bertz CT molecular complexity index is 364. The van der Waals surface area contributed by atoms with Gasteiger partial charge in [0.15, 0.2) is 0 Å². The maximum atomic E-state index is 11.6. The van der Waals surface area contributed by atoms with E-state index in [4.69, 9.17) is 0 Å². The van der Waals surface area contributed by atoms with Gasteiger partial charge in [-0.1, -0.05) is 28.1 Å². The van der Waals surface area contributed by atoms with Crippen molar-refractivity contribution >= 4 is 21.8 Å². The number of rotatable bonds is 2. The van der Waals surface area contributed by atoms with Crippen LogP contribution in [-0.2, 0) is 11.2 Å². The maximum Gasteiger partial charge on any atom is 0.223 e. The van der Waals surface area contributed by atoms with E-state index in [1.54, 1.807) is 0 Å². The molecule has 3 heteroatoms. The number of halogens is 1. The van der Waals surface area contributed by atoms with Crippen molar-refractivity contribution in [3.63, 3.8) is 0 Å². The second-order valence-corrected chi connectivity index (χ2v) is 4.88.